The van der Waals surface area contributed by atoms with E-state index in [1.54, 1.807) is 6.07 Å². The number of nitrogens with two attached hydrogens (primary N) is 1. The predicted molar refractivity (Wildman–Crippen MR) is 70.4 cm³/mol. The summed E-state index contributed by atoms with van der Waals surface area (Å²) < 4.78 is 0. The Balaban J connectivity index is 2.15. The molecule has 1 atom stereocenters. The summed E-state index contributed by atoms with van der Waals surface area (Å²) in [5, 5.41) is 5.92. The van der Waals surface area contributed by atoms with Crippen LogP contribution in [0.3, 0.4) is 0 Å². The van der Waals surface area contributed by atoms with Crippen molar-refractivity contribution in [2.45, 2.75) is 19.4 Å². The Morgan fingerprint density at radius 2 is 2.11 bits per heavy atom. The molecule has 0 spiro atoms. The number of carbonyl (C=O) groups is 2. The van der Waals surface area contributed by atoms with Gasteiger partial charge >= 0.3 is 0 Å². The Morgan fingerprint density at radius 1 is 1.42 bits per heavy atom. The first kappa shape index (κ1) is 13.1. The molecule has 2 heterocycles. The zero-order chi connectivity index (χ0) is 14.0. The molecule has 1 aliphatic rings. The fraction of sp³-hybridized carbons (Fsp3) is 0.455. The maximum Gasteiger partial charge on any atom is 0.251 e. The van der Waals surface area contributed by atoms with Crippen molar-refractivity contribution in [3.63, 3.8) is 0 Å². The number of imide groups is 1. The van der Waals surface area contributed by atoms with Gasteiger partial charge in [0.15, 0.2) is 0 Å². The maximum atomic E-state index is 11.8. The smallest absolute Gasteiger partial charge is 0.251 e. The van der Waals surface area contributed by atoms with Gasteiger partial charge in [-0.05, 0) is 6.92 Å². The van der Waals surface area contributed by atoms with Crippen LogP contribution in [0.15, 0.2) is 6.07 Å². The second-order valence-corrected chi connectivity index (χ2v) is 4.22. The van der Waals surface area contributed by atoms with Crippen molar-refractivity contribution in [1.29, 1.82) is 0 Å². The lowest BCUT2D eigenvalue weighted by Crippen LogP contribution is -2.32. The molecule has 1 saturated heterocycles. The van der Waals surface area contributed by atoms with Crippen molar-refractivity contribution in [1.82, 2.24) is 14.9 Å². The Kier molecular flexibility index (Phi) is 3.50. The highest BCUT2D eigenvalue weighted by Gasteiger charge is 2.36. The number of aromatic nitrogens is 2. The van der Waals surface area contributed by atoms with Gasteiger partial charge in [0.05, 0.1) is 6.42 Å². The Morgan fingerprint density at radius 3 is 2.68 bits per heavy atom. The van der Waals surface area contributed by atoms with Crippen LogP contribution >= 0.6 is 0 Å². The van der Waals surface area contributed by atoms with Gasteiger partial charge in [0.2, 0.25) is 11.9 Å². The highest BCUT2D eigenvalue weighted by Crippen LogP contribution is 2.18. The van der Waals surface area contributed by atoms with Crippen molar-refractivity contribution in [2.75, 3.05) is 30.0 Å². The minimum absolute atomic E-state index is 0.103. The number of hydrogen-bond donors (Lipinski definition) is 3. The normalized spacial score (nSPS) is 18.8. The number of nitrogens with one attached hydrogen (secondary N) is 2. The molecule has 1 aromatic rings. The van der Waals surface area contributed by atoms with Crippen LogP contribution < -0.4 is 16.4 Å². The molecule has 4 N–H and O–H groups in total. The molecular formula is C11H16N6O2. The molecule has 19 heavy (non-hydrogen) atoms. The molecular weight excluding hydrogens is 248 g/mol. The lowest BCUT2D eigenvalue weighted by atomic mass is 10.2. The van der Waals surface area contributed by atoms with Gasteiger partial charge in [-0.1, -0.05) is 0 Å². The summed E-state index contributed by atoms with van der Waals surface area (Å²) >= 11 is 0. The van der Waals surface area contributed by atoms with E-state index < -0.39 is 6.04 Å². The van der Waals surface area contributed by atoms with Crippen LogP contribution in [0.1, 0.15) is 13.3 Å². The second kappa shape index (κ2) is 5.09. The molecule has 1 unspecified atom stereocenters. The van der Waals surface area contributed by atoms with Crippen LogP contribution in [0.4, 0.5) is 17.6 Å². The summed E-state index contributed by atoms with van der Waals surface area (Å²) in [5.41, 5.74) is 5.59. The van der Waals surface area contributed by atoms with E-state index in [0.717, 1.165) is 4.90 Å². The molecule has 2 amide bonds. The Labute approximate surface area is 110 Å². The van der Waals surface area contributed by atoms with Crippen LogP contribution in [0.25, 0.3) is 0 Å². The van der Waals surface area contributed by atoms with Gasteiger partial charge in [-0.2, -0.15) is 9.97 Å². The average Bonchev–Trinajstić information content (AvgIpc) is 2.57. The van der Waals surface area contributed by atoms with Crippen LogP contribution in [0.2, 0.25) is 0 Å². The molecule has 2 rings (SSSR count). The van der Waals surface area contributed by atoms with Gasteiger partial charge in [0, 0.05) is 19.7 Å². The molecule has 0 aliphatic carbocycles. The van der Waals surface area contributed by atoms with Gasteiger partial charge in [-0.15, -0.1) is 0 Å². The number of rotatable bonds is 4. The highest BCUT2D eigenvalue weighted by atomic mass is 16.2. The van der Waals surface area contributed by atoms with E-state index in [0.29, 0.717) is 18.2 Å². The van der Waals surface area contributed by atoms with Crippen molar-refractivity contribution in [2.24, 2.45) is 0 Å². The number of nitrogen functional groups attached to an aromatic ring is 1. The molecule has 8 nitrogen and oxygen atoms in total. The zero-order valence-electron chi connectivity index (χ0n) is 10.8. The van der Waals surface area contributed by atoms with Gasteiger partial charge in [0.25, 0.3) is 5.91 Å². The zero-order valence-corrected chi connectivity index (χ0v) is 10.8. The van der Waals surface area contributed by atoms with E-state index in [1.807, 2.05) is 6.92 Å². The summed E-state index contributed by atoms with van der Waals surface area (Å²) in [6.45, 7) is 2.62. The molecule has 102 valence electrons. The molecule has 0 radical (unpaired) electrons. The average molecular weight is 264 g/mol. The molecule has 0 bridgehead atoms. The topological polar surface area (TPSA) is 113 Å². The number of amides is 2. The lowest BCUT2D eigenvalue weighted by molar-refractivity contribution is -0.136. The van der Waals surface area contributed by atoms with Crippen LogP contribution in [0.5, 0.6) is 0 Å². The van der Waals surface area contributed by atoms with Crippen LogP contribution in [-0.4, -0.2) is 46.3 Å². The molecule has 1 aliphatic heterocycles. The Hall–Kier alpha value is -2.38. The van der Waals surface area contributed by atoms with E-state index in [-0.39, 0.29) is 24.2 Å². The third kappa shape index (κ3) is 2.72. The third-order valence-corrected chi connectivity index (χ3v) is 2.80. The number of likely N-dealkylation sites (tertiary alicyclic amines) is 1. The minimum Gasteiger partial charge on any atom is -0.370 e. The standard InChI is InChI=1S/C11H16N6O2/c1-3-13-7-5-8(16-11(12)15-7)14-6-4-9(18)17(2)10(6)19/h5-6H,3-4H2,1-2H3,(H4,12,13,14,15,16). The first-order valence-electron chi connectivity index (χ1n) is 5.96. The van der Waals surface area contributed by atoms with E-state index in [9.17, 15) is 9.59 Å². The van der Waals surface area contributed by atoms with Crippen LogP contribution in [-0.2, 0) is 9.59 Å². The summed E-state index contributed by atoms with van der Waals surface area (Å²) in [6.07, 6.45) is 0.121. The summed E-state index contributed by atoms with van der Waals surface area (Å²) in [5.74, 6) is 0.613. The van der Waals surface area contributed by atoms with Gasteiger partial charge in [-0.3, -0.25) is 14.5 Å². The molecule has 1 aromatic heterocycles. The summed E-state index contributed by atoms with van der Waals surface area (Å²) in [6, 6.07) is 1.05. The maximum absolute atomic E-state index is 11.8. The molecule has 1 fully saturated rings. The lowest BCUT2D eigenvalue weighted by Gasteiger charge is -2.13. The third-order valence-electron chi connectivity index (χ3n) is 2.80. The highest BCUT2D eigenvalue weighted by molar-refractivity contribution is 6.06. The van der Waals surface area contributed by atoms with Gasteiger partial charge in [0.1, 0.15) is 17.7 Å². The number of anilines is 3. The predicted octanol–water partition coefficient (Wildman–Crippen LogP) is -0.340. The van der Waals surface area contributed by atoms with Crippen molar-refractivity contribution in [3.05, 3.63) is 6.07 Å². The quantitative estimate of drug-likeness (QED) is 0.637. The SMILES string of the molecule is CCNc1cc(NC2CC(=O)N(C)C2=O)nc(N)n1. The number of nitrogens with zero attached hydrogens (tertiary/aromatic N) is 3. The number of likely N-dealkylation sites (N-methyl/N-ethyl adjacent to an activating group) is 1. The monoisotopic (exact) mass is 264 g/mol. The first-order chi connectivity index (χ1) is 9.01. The van der Waals surface area contributed by atoms with Gasteiger partial charge in [-0.25, -0.2) is 0 Å². The summed E-state index contributed by atoms with van der Waals surface area (Å²) in [4.78, 5) is 32.3. The van der Waals surface area contributed by atoms with E-state index in [4.69, 9.17) is 5.73 Å². The first-order valence-corrected chi connectivity index (χ1v) is 5.96. The fourth-order valence-corrected chi connectivity index (χ4v) is 1.86. The second-order valence-electron chi connectivity index (χ2n) is 4.22. The number of hydrogen-bond acceptors (Lipinski definition) is 7. The van der Waals surface area contributed by atoms with Gasteiger partial charge < -0.3 is 16.4 Å². The van der Waals surface area contributed by atoms with Crippen LogP contribution in [0, 0.1) is 0 Å². The summed E-state index contributed by atoms with van der Waals surface area (Å²) in [7, 11) is 1.46. The van der Waals surface area contributed by atoms with Crippen molar-refractivity contribution >= 4 is 29.4 Å². The molecule has 0 aromatic carbocycles. The fourth-order valence-electron chi connectivity index (χ4n) is 1.86. The molecule has 8 heteroatoms. The van der Waals surface area contributed by atoms with E-state index in [1.165, 1.54) is 7.05 Å². The largest absolute Gasteiger partial charge is 0.370 e. The number of carbonyl (C=O) groups excluding carboxylic acids is 2. The Bertz CT molecular complexity index is 518. The van der Waals surface area contributed by atoms with E-state index in [2.05, 4.69) is 20.6 Å². The van der Waals surface area contributed by atoms with Crippen molar-refractivity contribution < 1.29 is 9.59 Å². The minimum atomic E-state index is -0.596. The van der Waals surface area contributed by atoms with Crippen molar-refractivity contribution in [3.8, 4) is 0 Å². The van der Waals surface area contributed by atoms with E-state index >= 15 is 0 Å². The molecule has 0 saturated carbocycles.